The highest BCUT2D eigenvalue weighted by Gasteiger charge is 2.23. The summed E-state index contributed by atoms with van der Waals surface area (Å²) in [6, 6.07) is 15.4. The van der Waals surface area contributed by atoms with Crippen LogP contribution in [-0.2, 0) is 19.4 Å². The maximum atomic E-state index is 12.9. The summed E-state index contributed by atoms with van der Waals surface area (Å²) in [5.74, 6) is -0.000238. The number of benzene rings is 2. The largest absolute Gasteiger partial charge is 0.357 e. The van der Waals surface area contributed by atoms with E-state index in [-0.39, 0.29) is 29.2 Å². The molecule has 11 nitrogen and oxygen atoms in total. The van der Waals surface area contributed by atoms with Gasteiger partial charge in [0.15, 0.2) is 15.7 Å². The van der Waals surface area contributed by atoms with E-state index >= 15 is 0 Å². The number of nitrogens with zero attached hydrogens (tertiary/aromatic N) is 2. The van der Waals surface area contributed by atoms with Crippen molar-refractivity contribution < 1.29 is 18.0 Å². The summed E-state index contributed by atoms with van der Waals surface area (Å²) < 4.78 is 25.8. The van der Waals surface area contributed by atoms with E-state index in [1.54, 1.807) is 74.6 Å². The SMILES string of the molecule is CC(=O)NCC(=O)Nc1cccc(Nc2nc(Nc3ccccc3S(=O)(=O)C(C)C)c3[nH]ccc3n2)c1. The van der Waals surface area contributed by atoms with Gasteiger partial charge in [0.1, 0.15) is 5.52 Å². The zero-order valence-corrected chi connectivity index (χ0v) is 21.3. The number of aromatic nitrogens is 3. The lowest BCUT2D eigenvalue weighted by molar-refractivity contribution is -0.122. The molecule has 2 aromatic carbocycles. The number of H-pyrrole nitrogens is 1. The fourth-order valence-electron chi connectivity index (χ4n) is 3.50. The van der Waals surface area contributed by atoms with Crippen LogP contribution < -0.4 is 21.3 Å². The van der Waals surface area contributed by atoms with Gasteiger partial charge in [0.05, 0.1) is 27.9 Å². The zero-order chi connectivity index (χ0) is 26.6. The lowest BCUT2D eigenvalue weighted by Gasteiger charge is -2.15. The van der Waals surface area contributed by atoms with Crippen LogP contribution in [0.5, 0.6) is 0 Å². The lowest BCUT2D eigenvalue weighted by Crippen LogP contribution is -2.31. The Kier molecular flexibility index (Phi) is 7.39. The van der Waals surface area contributed by atoms with E-state index in [1.807, 2.05) is 0 Å². The van der Waals surface area contributed by atoms with E-state index in [1.165, 1.54) is 6.92 Å². The van der Waals surface area contributed by atoms with Crippen molar-refractivity contribution in [3.63, 3.8) is 0 Å². The second-order valence-electron chi connectivity index (χ2n) is 8.51. The zero-order valence-electron chi connectivity index (χ0n) is 20.5. The van der Waals surface area contributed by atoms with Crippen LogP contribution in [0.2, 0.25) is 0 Å². The van der Waals surface area contributed by atoms with Gasteiger partial charge in [0.2, 0.25) is 17.8 Å². The van der Waals surface area contributed by atoms with Crippen molar-refractivity contribution in [3.05, 3.63) is 60.8 Å². The quantitative estimate of drug-likeness (QED) is 0.223. The average Bonchev–Trinajstić information content (AvgIpc) is 3.32. The van der Waals surface area contributed by atoms with Crippen molar-refractivity contribution in [1.29, 1.82) is 0 Å². The number of sulfone groups is 1. The first-order valence-corrected chi connectivity index (χ1v) is 13.0. The van der Waals surface area contributed by atoms with Crippen LogP contribution in [0.4, 0.5) is 28.8 Å². The van der Waals surface area contributed by atoms with Gasteiger partial charge in [-0.15, -0.1) is 0 Å². The average molecular weight is 522 g/mol. The van der Waals surface area contributed by atoms with Crippen LogP contribution >= 0.6 is 0 Å². The van der Waals surface area contributed by atoms with Gasteiger partial charge in [0.25, 0.3) is 0 Å². The molecule has 0 spiro atoms. The van der Waals surface area contributed by atoms with Gasteiger partial charge in [0, 0.05) is 24.5 Å². The first-order chi connectivity index (χ1) is 17.6. The highest BCUT2D eigenvalue weighted by atomic mass is 32.2. The molecule has 0 aliphatic heterocycles. The van der Waals surface area contributed by atoms with Crippen molar-refractivity contribution in [1.82, 2.24) is 20.3 Å². The summed E-state index contributed by atoms with van der Waals surface area (Å²) >= 11 is 0. The number of aromatic amines is 1. The number of hydrogen-bond donors (Lipinski definition) is 5. The Morgan fingerprint density at radius 3 is 2.49 bits per heavy atom. The number of rotatable bonds is 9. The Bertz CT molecular complexity index is 1560. The maximum Gasteiger partial charge on any atom is 0.243 e. The first kappa shape index (κ1) is 25.6. The Balaban J connectivity index is 1.61. The summed E-state index contributed by atoms with van der Waals surface area (Å²) in [6.45, 7) is 4.48. The van der Waals surface area contributed by atoms with Crippen LogP contribution in [0, 0.1) is 0 Å². The molecule has 0 aliphatic carbocycles. The Morgan fingerprint density at radius 2 is 1.73 bits per heavy atom. The summed E-state index contributed by atoms with van der Waals surface area (Å²) in [5.41, 5.74) is 2.76. The van der Waals surface area contributed by atoms with Gasteiger partial charge < -0.3 is 26.3 Å². The minimum atomic E-state index is -3.54. The Labute approximate surface area is 214 Å². The Morgan fingerprint density at radius 1 is 0.973 bits per heavy atom. The topological polar surface area (TPSA) is 158 Å². The fourth-order valence-corrected chi connectivity index (χ4v) is 4.71. The van der Waals surface area contributed by atoms with Gasteiger partial charge in [-0.25, -0.2) is 13.4 Å². The van der Waals surface area contributed by atoms with Gasteiger partial charge in [-0.05, 0) is 50.2 Å². The molecule has 2 heterocycles. The van der Waals surface area contributed by atoms with E-state index in [2.05, 4.69) is 36.2 Å². The number of para-hydroxylation sites is 1. The predicted octanol–water partition coefficient (Wildman–Crippen LogP) is 3.70. The third kappa shape index (κ3) is 6.04. The van der Waals surface area contributed by atoms with Crippen molar-refractivity contribution >= 4 is 61.5 Å². The Hall–Kier alpha value is -4.45. The molecule has 5 N–H and O–H groups in total. The molecule has 0 fully saturated rings. The van der Waals surface area contributed by atoms with Gasteiger partial charge in [-0.2, -0.15) is 4.98 Å². The van der Waals surface area contributed by atoms with Gasteiger partial charge in [-0.3, -0.25) is 9.59 Å². The van der Waals surface area contributed by atoms with Crippen LogP contribution in [0.15, 0.2) is 65.7 Å². The van der Waals surface area contributed by atoms with E-state index in [0.29, 0.717) is 33.9 Å². The predicted molar refractivity (Wildman–Crippen MR) is 143 cm³/mol. The van der Waals surface area contributed by atoms with Crippen LogP contribution in [0.1, 0.15) is 20.8 Å². The number of carbonyl (C=O) groups is 2. The molecule has 0 saturated heterocycles. The molecule has 0 saturated carbocycles. The lowest BCUT2D eigenvalue weighted by atomic mass is 10.2. The molecule has 0 unspecified atom stereocenters. The van der Waals surface area contributed by atoms with Gasteiger partial charge >= 0.3 is 0 Å². The molecule has 0 atom stereocenters. The van der Waals surface area contributed by atoms with E-state index in [4.69, 9.17) is 0 Å². The first-order valence-electron chi connectivity index (χ1n) is 11.5. The molecule has 0 radical (unpaired) electrons. The fraction of sp³-hybridized carbons (Fsp3) is 0.200. The summed E-state index contributed by atoms with van der Waals surface area (Å²) in [4.78, 5) is 35.4. The second kappa shape index (κ2) is 10.7. The van der Waals surface area contributed by atoms with Gasteiger partial charge in [-0.1, -0.05) is 18.2 Å². The minimum Gasteiger partial charge on any atom is -0.357 e. The molecule has 2 amide bonds. The normalized spacial score (nSPS) is 11.4. The molecule has 0 bridgehead atoms. The number of carbonyl (C=O) groups excluding carboxylic acids is 2. The van der Waals surface area contributed by atoms with E-state index in [0.717, 1.165) is 0 Å². The summed E-state index contributed by atoms with van der Waals surface area (Å²) in [6.07, 6.45) is 1.72. The minimum absolute atomic E-state index is 0.136. The third-order valence-electron chi connectivity index (χ3n) is 5.37. The van der Waals surface area contributed by atoms with Crippen LogP contribution in [-0.4, -0.2) is 47.0 Å². The number of anilines is 5. The molecule has 192 valence electrons. The number of nitrogens with one attached hydrogen (secondary N) is 5. The highest BCUT2D eigenvalue weighted by Crippen LogP contribution is 2.30. The second-order valence-corrected chi connectivity index (χ2v) is 11.0. The smallest absolute Gasteiger partial charge is 0.243 e. The third-order valence-corrected chi connectivity index (χ3v) is 7.58. The van der Waals surface area contributed by atoms with Crippen LogP contribution in [0.3, 0.4) is 0 Å². The summed E-state index contributed by atoms with van der Waals surface area (Å²) in [7, 11) is -3.54. The molecule has 4 aromatic rings. The monoisotopic (exact) mass is 521 g/mol. The molecule has 4 rings (SSSR count). The molecular weight excluding hydrogens is 494 g/mol. The molecule has 37 heavy (non-hydrogen) atoms. The van der Waals surface area contributed by atoms with E-state index < -0.39 is 15.1 Å². The van der Waals surface area contributed by atoms with Crippen LogP contribution in [0.25, 0.3) is 11.0 Å². The number of hydrogen-bond acceptors (Lipinski definition) is 8. The number of amides is 2. The number of fused-ring (bicyclic) bond motifs is 1. The van der Waals surface area contributed by atoms with Crippen molar-refractivity contribution in [2.24, 2.45) is 0 Å². The van der Waals surface area contributed by atoms with Crippen molar-refractivity contribution in [2.45, 2.75) is 30.9 Å². The molecule has 12 heteroatoms. The highest BCUT2D eigenvalue weighted by molar-refractivity contribution is 7.92. The molecule has 2 aromatic heterocycles. The van der Waals surface area contributed by atoms with Crippen molar-refractivity contribution in [2.75, 3.05) is 22.5 Å². The van der Waals surface area contributed by atoms with E-state index in [9.17, 15) is 18.0 Å². The molecule has 0 aliphatic rings. The maximum absolute atomic E-state index is 12.9. The molecular formula is C25H27N7O4S. The van der Waals surface area contributed by atoms with Crippen molar-refractivity contribution in [3.8, 4) is 0 Å². The summed E-state index contributed by atoms with van der Waals surface area (Å²) in [5, 5.41) is 10.9. The standard InChI is InChI=1S/C25H27N7O4S/c1-15(2)37(35,36)21-10-5-4-9-19(21)30-24-23-20(11-12-26-23)31-25(32-24)29-18-8-6-7-17(13-18)28-22(34)14-27-16(3)33/h4-13,15,26H,14H2,1-3H3,(H,27,33)(H,28,34)(H2,29,30,31,32).